The van der Waals surface area contributed by atoms with E-state index < -0.39 is 0 Å². The summed E-state index contributed by atoms with van der Waals surface area (Å²) in [6, 6.07) is 0. The molecule has 1 aliphatic heterocycles. The van der Waals surface area contributed by atoms with E-state index in [-0.39, 0.29) is 0 Å². The summed E-state index contributed by atoms with van der Waals surface area (Å²) in [5, 5.41) is 3.32. The first kappa shape index (κ1) is 8.93. The second-order valence-corrected chi connectivity index (χ2v) is 4.12. The van der Waals surface area contributed by atoms with Crippen molar-refractivity contribution >= 4 is 17.2 Å². The summed E-state index contributed by atoms with van der Waals surface area (Å²) in [5.41, 5.74) is 6.60. The molecule has 0 unspecified atom stereocenters. The first-order valence-corrected chi connectivity index (χ1v) is 5.25. The minimum atomic E-state index is 0.837. The second-order valence-electron chi connectivity index (χ2n) is 3.23. The van der Waals surface area contributed by atoms with Crippen LogP contribution in [0.15, 0.2) is 6.20 Å². The van der Waals surface area contributed by atoms with Crippen molar-refractivity contribution in [1.29, 1.82) is 0 Å². The normalized spacial score (nSPS) is 19.1. The minimum Gasteiger partial charge on any atom is -0.396 e. The number of nitrogens with one attached hydrogen (secondary N) is 1. The van der Waals surface area contributed by atoms with Crippen LogP contribution in [-0.2, 0) is 6.54 Å². The van der Waals surface area contributed by atoms with Gasteiger partial charge in [0, 0.05) is 32.7 Å². The molecule has 0 atom stereocenters. The smallest absolute Gasteiger partial charge is 0.0672 e. The highest BCUT2D eigenvalue weighted by atomic mass is 32.1. The average molecular weight is 198 g/mol. The summed E-state index contributed by atoms with van der Waals surface area (Å²) in [7, 11) is 0. The third-order valence-corrected chi connectivity index (χ3v) is 3.05. The Morgan fingerprint density at radius 1 is 1.54 bits per heavy atom. The molecule has 0 aromatic carbocycles. The van der Waals surface area contributed by atoms with Crippen molar-refractivity contribution in [3.8, 4) is 0 Å². The molecule has 13 heavy (non-hydrogen) atoms. The van der Waals surface area contributed by atoms with Gasteiger partial charge in [-0.25, -0.2) is 0 Å². The molecule has 2 rings (SSSR count). The van der Waals surface area contributed by atoms with Crippen LogP contribution in [-0.4, -0.2) is 35.5 Å². The topological polar surface area (TPSA) is 54.2 Å². The van der Waals surface area contributed by atoms with Crippen LogP contribution < -0.4 is 11.1 Å². The number of hydrogen-bond acceptors (Lipinski definition) is 5. The van der Waals surface area contributed by atoms with Crippen LogP contribution in [0, 0.1) is 0 Å². The van der Waals surface area contributed by atoms with E-state index in [4.69, 9.17) is 5.73 Å². The molecule has 1 fully saturated rings. The van der Waals surface area contributed by atoms with Crippen LogP contribution in [0.4, 0.5) is 5.69 Å². The number of hydrogen-bond donors (Lipinski definition) is 2. The third-order valence-electron chi connectivity index (χ3n) is 2.25. The van der Waals surface area contributed by atoms with Gasteiger partial charge in [0.2, 0.25) is 0 Å². The van der Waals surface area contributed by atoms with Crippen molar-refractivity contribution in [3.05, 3.63) is 11.1 Å². The molecule has 0 bridgehead atoms. The Bertz CT molecular complexity index is 267. The Kier molecular flexibility index (Phi) is 2.77. The summed E-state index contributed by atoms with van der Waals surface area (Å²) in [5.74, 6) is 0. The van der Waals surface area contributed by atoms with Crippen molar-refractivity contribution in [2.24, 2.45) is 0 Å². The highest BCUT2D eigenvalue weighted by Gasteiger charge is 2.12. The highest BCUT2D eigenvalue weighted by Crippen LogP contribution is 2.17. The lowest BCUT2D eigenvalue weighted by Gasteiger charge is -2.26. The van der Waals surface area contributed by atoms with E-state index in [0.29, 0.717) is 0 Å². The molecule has 1 aliphatic rings. The molecule has 0 radical (unpaired) electrons. The summed E-state index contributed by atoms with van der Waals surface area (Å²) in [6.07, 6.45) is 1.74. The maximum absolute atomic E-state index is 5.76. The van der Waals surface area contributed by atoms with Crippen molar-refractivity contribution in [2.45, 2.75) is 6.54 Å². The number of piperazine rings is 1. The Balaban J connectivity index is 1.93. The Hall–Kier alpha value is -0.650. The van der Waals surface area contributed by atoms with Crippen molar-refractivity contribution < 1.29 is 0 Å². The molecule has 0 saturated carbocycles. The van der Waals surface area contributed by atoms with E-state index in [2.05, 4.69) is 14.6 Å². The van der Waals surface area contributed by atoms with Gasteiger partial charge in [0.05, 0.1) is 16.8 Å². The SMILES string of the molecule is Nc1cnsc1CN1CCNCC1. The Morgan fingerprint density at radius 3 is 2.92 bits per heavy atom. The zero-order valence-corrected chi connectivity index (χ0v) is 8.31. The molecule has 0 spiro atoms. The summed E-state index contributed by atoms with van der Waals surface area (Å²) in [4.78, 5) is 3.60. The van der Waals surface area contributed by atoms with Gasteiger partial charge in [-0.15, -0.1) is 0 Å². The lowest BCUT2D eigenvalue weighted by molar-refractivity contribution is 0.235. The molecule has 3 N–H and O–H groups in total. The minimum absolute atomic E-state index is 0.837. The average Bonchev–Trinajstić information content (AvgIpc) is 2.54. The van der Waals surface area contributed by atoms with E-state index in [1.807, 2.05) is 0 Å². The van der Waals surface area contributed by atoms with Gasteiger partial charge in [0.1, 0.15) is 0 Å². The van der Waals surface area contributed by atoms with E-state index in [1.165, 1.54) is 16.4 Å². The molecule has 72 valence electrons. The lowest BCUT2D eigenvalue weighted by atomic mass is 10.3. The van der Waals surface area contributed by atoms with Gasteiger partial charge in [-0.1, -0.05) is 0 Å². The molecule has 2 heterocycles. The second kappa shape index (κ2) is 4.04. The first-order valence-electron chi connectivity index (χ1n) is 4.48. The van der Waals surface area contributed by atoms with E-state index in [9.17, 15) is 0 Å². The van der Waals surface area contributed by atoms with Gasteiger partial charge in [-0.3, -0.25) is 4.90 Å². The molecular weight excluding hydrogens is 184 g/mol. The summed E-state index contributed by atoms with van der Waals surface area (Å²) >= 11 is 1.51. The van der Waals surface area contributed by atoms with E-state index in [1.54, 1.807) is 6.20 Å². The number of nitrogen functional groups attached to an aromatic ring is 1. The molecular formula is C8H14N4S. The number of nitrogens with two attached hydrogens (primary N) is 1. The molecule has 1 aromatic heterocycles. The van der Waals surface area contributed by atoms with Gasteiger partial charge in [0.25, 0.3) is 0 Å². The van der Waals surface area contributed by atoms with Crippen molar-refractivity contribution in [2.75, 3.05) is 31.9 Å². The van der Waals surface area contributed by atoms with Crippen LogP contribution in [0.5, 0.6) is 0 Å². The quantitative estimate of drug-likeness (QED) is 0.709. The fourth-order valence-electron chi connectivity index (χ4n) is 1.46. The molecule has 4 nitrogen and oxygen atoms in total. The Labute approximate surface area is 81.9 Å². The number of nitrogens with zero attached hydrogens (tertiary/aromatic N) is 2. The van der Waals surface area contributed by atoms with Crippen LogP contribution in [0.25, 0.3) is 0 Å². The molecule has 1 saturated heterocycles. The summed E-state index contributed by atoms with van der Waals surface area (Å²) in [6.45, 7) is 5.34. The van der Waals surface area contributed by atoms with Crippen molar-refractivity contribution in [1.82, 2.24) is 14.6 Å². The number of aromatic nitrogens is 1. The zero-order valence-electron chi connectivity index (χ0n) is 7.49. The molecule has 0 aliphatic carbocycles. The van der Waals surface area contributed by atoms with Gasteiger partial charge >= 0.3 is 0 Å². The predicted octanol–water partition coefficient (Wildman–Crippen LogP) is 0.130. The van der Waals surface area contributed by atoms with Gasteiger partial charge < -0.3 is 11.1 Å². The van der Waals surface area contributed by atoms with Crippen LogP contribution in [0.1, 0.15) is 4.88 Å². The largest absolute Gasteiger partial charge is 0.396 e. The van der Waals surface area contributed by atoms with Crippen LogP contribution >= 0.6 is 11.5 Å². The monoisotopic (exact) mass is 198 g/mol. The number of anilines is 1. The predicted molar refractivity (Wildman–Crippen MR) is 54.7 cm³/mol. The van der Waals surface area contributed by atoms with E-state index >= 15 is 0 Å². The van der Waals surface area contributed by atoms with Gasteiger partial charge in [0.15, 0.2) is 0 Å². The lowest BCUT2D eigenvalue weighted by Crippen LogP contribution is -2.42. The van der Waals surface area contributed by atoms with Crippen molar-refractivity contribution in [3.63, 3.8) is 0 Å². The molecule has 0 amide bonds. The fourth-order valence-corrected chi connectivity index (χ4v) is 2.16. The highest BCUT2D eigenvalue weighted by molar-refractivity contribution is 7.06. The molecule has 1 aromatic rings. The molecule has 5 heteroatoms. The first-order chi connectivity index (χ1) is 6.36. The number of rotatable bonds is 2. The maximum atomic E-state index is 5.76. The Morgan fingerprint density at radius 2 is 2.31 bits per heavy atom. The van der Waals surface area contributed by atoms with Crippen LogP contribution in [0.3, 0.4) is 0 Å². The van der Waals surface area contributed by atoms with Gasteiger partial charge in [-0.2, -0.15) is 4.37 Å². The fraction of sp³-hybridized carbons (Fsp3) is 0.625. The third kappa shape index (κ3) is 2.18. The van der Waals surface area contributed by atoms with Crippen LogP contribution in [0.2, 0.25) is 0 Å². The van der Waals surface area contributed by atoms with E-state index in [0.717, 1.165) is 38.4 Å². The summed E-state index contributed by atoms with van der Waals surface area (Å²) < 4.78 is 4.06. The maximum Gasteiger partial charge on any atom is 0.0672 e. The zero-order chi connectivity index (χ0) is 9.10. The van der Waals surface area contributed by atoms with Gasteiger partial charge in [-0.05, 0) is 11.5 Å². The standard InChI is InChI=1S/C8H14N4S/c9-7-5-11-13-8(7)6-12-3-1-10-2-4-12/h5,10H,1-4,6,9H2.